The largest absolute Gasteiger partial charge is 0.492 e. The molecule has 9 heteroatoms. The van der Waals surface area contributed by atoms with E-state index < -0.39 is 0 Å². The Labute approximate surface area is 186 Å². The Morgan fingerprint density at radius 3 is 2.39 bits per heavy atom. The minimum atomic E-state index is -0.267. The van der Waals surface area contributed by atoms with Crippen molar-refractivity contribution in [2.75, 3.05) is 32.8 Å². The van der Waals surface area contributed by atoms with Gasteiger partial charge < -0.3 is 14.7 Å². The van der Waals surface area contributed by atoms with Crippen molar-refractivity contribution < 1.29 is 14.6 Å². The molecule has 8 nitrogen and oxygen atoms in total. The molecule has 3 heterocycles. The van der Waals surface area contributed by atoms with Gasteiger partial charge in [-0.2, -0.15) is 4.52 Å². The summed E-state index contributed by atoms with van der Waals surface area (Å²) in [5, 5.41) is 15.3. The Balaban J connectivity index is 1.67. The lowest BCUT2D eigenvalue weighted by Gasteiger charge is -2.38. The van der Waals surface area contributed by atoms with Gasteiger partial charge in [0.1, 0.15) is 5.82 Å². The van der Waals surface area contributed by atoms with E-state index in [0.717, 1.165) is 10.4 Å². The molecule has 0 spiro atoms. The summed E-state index contributed by atoms with van der Waals surface area (Å²) >= 11 is 1.46. The number of aromatic hydroxyl groups is 1. The number of aromatic nitrogens is 3. The Morgan fingerprint density at radius 2 is 1.81 bits per heavy atom. The summed E-state index contributed by atoms with van der Waals surface area (Å²) < 4.78 is 6.67. The van der Waals surface area contributed by atoms with E-state index >= 15 is 0 Å². The van der Waals surface area contributed by atoms with Crippen molar-refractivity contribution in [1.82, 2.24) is 24.4 Å². The predicted octanol–water partition coefficient (Wildman–Crippen LogP) is 3.79. The van der Waals surface area contributed by atoms with Crippen LogP contribution in [0.25, 0.3) is 4.96 Å². The lowest BCUT2D eigenvalue weighted by atomic mass is 9.97. The van der Waals surface area contributed by atoms with E-state index in [9.17, 15) is 9.90 Å². The van der Waals surface area contributed by atoms with Crippen molar-refractivity contribution in [3.8, 4) is 5.88 Å². The maximum Gasteiger partial charge on any atom is 0.409 e. The number of carbonyl (C=O) groups excluding carboxylic acids is 1. The SMILES string of the molecule is CCOC(=O)N1CCN([C@@H](c2ccc(C(C)C)cc2)c2sc3nc(C)nn3c2O)CC1. The van der Waals surface area contributed by atoms with E-state index in [2.05, 4.69) is 53.1 Å². The highest BCUT2D eigenvalue weighted by atomic mass is 32.1. The van der Waals surface area contributed by atoms with Gasteiger partial charge in [-0.25, -0.2) is 9.78 Å². The number of carbonyl (C=O) groups is 1. The molecule has 1 atom stereocenters. The average molecular weight is 444 g/mol. The van der Waals surface area contributed by atoms with Crippen LogP contribution in [0.4, 0.5) is 4.79 Å². The molecule has 0 aliphatic carbocycles. The molecule has 0 saturated carbocycles. The van der Waals surface area contributed by atoms with E-state index in [1.165, 1.54) is 21.4 Å². The number of nitrogens with zero attached hydrogens (tertiary/aromatic N) is 5. The zero-order valence-corrected chi connectivity index (χ0v) is 19.2. The first-order chi connectivity index (χ1) is 14.9. The number of fused-ring (bicyclic) bond motifs is 1. The van der Waals surface area contributed by atoms with Crippen molar-refractivity contribution >= 4 is 22.4 Å². The van der Waals surface area contributed by atoms with Gasteiger partial charge >= 0.3 is 6.09 Å². The van der Waals surface area contributed by atoms with Gasteiger partial charge in [0.2, 0.25) is 10.8 Å². The van der Waals surface area contributed by atoms with Crippen LogP contribution in [0.2, 0.25) is 0 Å². The first-order valence-corrected chi connectivity index (χ1v) is 11.5. The molecule has 4 rings (SSSR count). The van der Waals surface area contributed by atoms with Crippen molar-refractivity contribution in [3.63, 3.8) is 0 Å². The molecular formula is C22H29N5O3S. The van der Waals surface area contributed by atoms with E-state index in [1.807, 2.05) is 13.8 Å². The van der Waals surface area contributed by atoms with Crippen LogP contribution in [0.3, 0.4) is 0 Å². The van der Waals surface area contributed by atoms with Gasteiger partial charge in [-0.15, -0.1) is 5.10 Å². The van der Waals surface area contributed by atoms with Crippen LogP contribution in [-0.4, -0.2) is 68.4 Å². The van der Waals surface area contributed by atoms with Crippen LogP contribution >= 0.6 is 11.3 Å². The van der Waals surface area contributed by atoms with Crippen LogP contribution in [0.1, 0.15) is 54.6 Å². The standard InChI is InChI=1S/C22H29N5O3S/c1-5-30-22(29)26-12-10-25(11-13-26)18(17-8-6-16(7-9-17)14(2)3)19-20(28)27-21(31-19)23-15(4)24-27/h6-9,14,18,28H,5,10-13H2,1-4H3/t18-/m0/s1. The first-order valence-electron chi connectivity index (χ1n) is 10.7. The van der Waals surface area contributed by atoms with Crippen molar-refractivity contribution in [1.29, 1.82) is 0 Å². The number of piperazine rings is 1. The number of hydrogen-bond acceptors (Lipinski definition) is 7. The second kappa shape index (κ2) is 8.84. The predicted molar refractivity (Wildman–Crippen MR) is 120 cm³/mol. The van der Waals surface area contributed by atoms with Crippen LogP contribution < -0.4 is 0 Å². The Kier molecular flexibility index (Phi) is 6.15. The summed E-state index contributed by atoms with van der Waals surface area (Å²) in [5.74, 6) is 1.21. The van der Waals surface area contributed by atoms with E-state index in [1.54, 1.807) is 4.90 Å². The quantitative estimate of drug-likeness (QED) is 0.646. The van der Waals surface area contributed by atoms with Gasteiger partial charge in [0, 0.05) is 26.2 Å². The molecule has 1 fully saturated rings. The molecule has 1 N–H and O–H groups in total. The number of thiazole rings is 1. The number of hydrogen-bond donors (Lipinski definition) is 1. The smallest absolute Gasteiger partial charge is 0.409 e. The zero-order chi connectivity index (χ0) is 22.1. The van der Waals surface area contributed by atoms with Gasteiger partial charge in [0.25, 0.3) is 0 Å². The molecular weight excluding hydrogens is 414 g/mol. The highest BCUT2D eigenvalue weighted by Crippen LogP contribution is 2.40. The number of benzene rings is 1. The molecule has 0 bridgehead atoms. The Morgan fingerprint density at radius 1 is 1.16 bits per heavy atom. The second-order valence-electron chi connectivity index (χ2n) is 8.09. The van der Waals surface area contributed by atoms with Crippen molar-refractivity contribution in [2.45, 2.75) is 39.7 Å². The molecule has 0 radical (unpaired) electrons. The lowest BCUT2D eigenvalue weighted by Crippen LogP contribution is -2.49. The summed E-state index contributed by atoms with van der Waals surface area (Å²) in [6.45, 7) is 10.9. The molecule has 1 saturated heterocycles. The normalized spacial score (nSPS) is 16.2. The first kappa shape index (κ1) is 21.6. The molecule has 2 aromatic heterocycles. The highest BCUT2D eigenvalue weighted by molar-refractivity contribution is 7.17. The van der Waals surface area contributed by atoms with Crippen LogP contribution in [-0.2, 0) is 4.74 Å². The van der Waals surface area contributed by atoms with E-state index in [-0.39, 0.29) is 18.0 Å². The van der Waals surface area contributed by atoms with Crippen LogP contribution in [0.5, 0.6) is 5.88 Å². The fraction of sp³-hybridized carbons (Fsp3) is 0.500. The number of ether oxygens (including phenoxy) is 1. The van der Waals surface area contributed by atoms with Gasteiger partial charge in [-0.3, -0.25) is 4.90 Å². The zero-order valence-electron chi connectivity index (χ0n) is 18.4. The van der Waals surface area contributed by atoms with Gasteiger partial charge in [0.05, 0.1) is 17.5 Å². The monoisotopic (exact) mass is 443 g/mol. The lowest BCUT2D eigenvalue weighted by molar-refractivity contribution is 0.0715. The summed E-state index contributed by atoms with van der Waals surface area (Å²) in [7, 11) is 0. The molecule has 1 aliphatic rings. The number of aryl methyl sites for hydroxylation is 1. The Bertz CT molecular complexity index is 1050. The van der Waals surface area contributed by atoms with Gasteiger partial charge in [0.15, 0.2) is 0 Å². The maximum absolute atomic E-state index is 12.1. The third-order valence-electron chi connectivity index (χ3n) is 5.68. The minimum Gasteiger partial charge on any atom is -0.492 e. The van der Waals surface area contributed by atoms with Gasteiger partial charge in [-0.05, 0) is 30.9 Å². The summed E-state index contributed by atoms with van der Waals surface area (Å²) in [4.78, 5) is 22.1. The molecule has 1 aromatic carbocycles. The second-order valence-corrected chi connectivity index (χ2v) is 9.10. The minimum absolute atomic E-state index is 0.131. The fourth-order valence-corrected chi connectivity index (χ4v) is 5.16. The van der Waals surface area contributed by atoms with E-state index in [0.29, 0.717) is 49.5 Å². The van der Waals surface area contributed by atoms with Crippen molar-refractivity contribution in [3.05, 3.63) is 46.1 Å². The molecule has 0 unspecified atom stereocenters. The highest BCUT2D eigenvalue weighted by Gasteiger charge is 2.33. The fourth-order valence-electron chi connectivity index (χ4n) is 3.99. The van der Waals surface area contributed by atoms with Crippen LogP contribution in [0.15, 0.2) is 24.3 Å². The molecule has 166 valence electrons. The molecule has 31 heavy (non-hydrogen) atoms. The maximum atomic E-state index is 12.1. The third-order valence-corrected chi connectivity index (χ3v) is 6.75. The molecule has 1 amide bonds. The van der Waals surface area contributed by atoms with E-state index in [4.69, 9.17) is 4.74 Å². The third kappa shape index (κ3) is 4.24. The number of rotatable bonds is 5. The average Bonchev–Trinajstić information content (AvgIpc) is 3.26. The summed E-state index contributed by atoms with van der Waals surface area (Å²) in [5.41, 5.74) is 2.38. The summed E-state index contributed by atoms with van der Waals surface area (Å²) in [6.07, 6.45) is -0.267. The van der Waals surface area contributed by atoms with Crippen molar-refractivity contribution in [2.24, 2.45) is 0 Å². The Hall–Kier alpha value is -2.65. The molecule has 1 aliphatic heterocycles. The number of amides is 1. The van der Waals surface area contributed by atoms with Gasteiger partial charge in [-0.1, -0.05) is 49.4 Å². The topological polar surface area (TPSA) is 83.2 Å². The molecule has 3 aromatic rings. The van der Waals surface area contributed by atoms with Crippen LogP contribution in [0, 0.1) is 6.92 Å². The summed E-state index contributed by atoms with van der Waals surface area (Å²) in [6, 6.07) is 8.44.